The number of nitrogens with zero attached hydrogens (tertiary/aromatic N) is 6. The lowest BCUT2D eigenvalue weighted by Crippen LogP contribution is -2.33. The number of amides is 1. The minimum atomic E-state index is -0.406. The molecule has 2 N–H and O–H groups in total. The Kier molecular flexibility index (Phi) is 8.34. The summed E-state index contributed by atoms with van der Waals surface area (Å²) >= 11 is 7.19. The van der Waals surface area contributed by atoms with E-state index in [1.165, 1.54) is 17.4 Å². The third kappa shape index (κ3) is 6.41. The molecule has 0 bridgehead atoms. The van der Waals surface area contributed by atoms with Gasteiger partial charge in [0.1, 0.15) is 18.2 Å². The van der Waals surface area contributed by atoms with Gasteiger partial charge in [0.05, 0.1) is 42.2 Å². The second-order valence-corrected chi connectivity index (χ2v) is 13.2. The molecule has 244 valence electrons. The summed E-state index contributed by atoms with van der Waals surface area (Å²) in [4.78, 5) is 37.4. The van der Waals surface area contributed by atoms with Crippen LogP contribution in [0.4, 0.5) is 9.52 Å². The Hall–Kier alpha value is -4.69. The summed E-state index contributed by atoms with van der Waals surface area (Å²) < 4.78 is 28.0. The highest BCUT2D eigenvalue weighted by atomic mass is 35.5. The van der Waals surface area contributed by atoms with E-state index in [0.29, 0.717) is 45.9 Å². The fourth-order valence-electron chi connectivity index (χ4n) is 5.90. The number of carbonyl (C=O) groups is 1. The van der Waals surface area contributed by atoms with Gasteiger partial charge in [-0.05, 0) is 54.8 Å². The molecule has 0 aliphatic carbocycles. The standard InChI is InChI=1S/C34H30ClFN8O3S/c35-23-6-4-22(25(36)15-23)18-47-30-3-1-2-26(40-30)20-8-11-43(12-9-20)17-29-39-27-14-21(5-7-28(27)44(29)16-24-10-13-46-24)32(45)42-34-41-31-33(48-34)38-19-37-31/h1-8,14-15,19,24H,9-13,16-18H2,(H,37,38)(H,41,42,45)/t24-/m0/s1. The summed E-state index contributed by atoms with van der Waals surface area (Å²) in [5.74, 6) is 0.710. The first-order chi connectivity index (χ1) is 23.4. The second-order valence-electron chi connectivity index (χ2n) is 11.8. The number of pyridine rings is 1. The number of benzene rings is 2. The maximum absolute atomic E-state index is 14.2. The fourth-order valence-corrected chi connectivity index (χ4v) is 6.83. The first-order valence-corrected chi connectivity index (χ1v) is 16.8. The maximum atomic E-state index is 14.2. The number of nitrogens with one attached hydrogen (secondary N) is 2. The Balaban J connectivity index is 0.962. The van der Waals surface area contributed by atoms with Crippen LogP contribution in [0.5, 0.6) is 5.88 Å². The first-order valence-electron chi connectivity index (χ1n) is 15.6. The monoisotopic (exact) mass is 684 g/mol. The van der Waals surface area contributed by atoms with Gasteiger partial charge < -0.3 is 19.0 Å². The number of hydrogen-bond donors (Lipinski definition) is 2. The summed E-state index contributed by atoms with van der Waals surface area (Å²) in [6.07, 6.45) is 5.73. The topological polar surface area (TPSA) is 123 Å². The average molecular weight is 685 g/mol. The Bertz CT molecular complexity index is 2150. The van der Waals surface area contributed by atoms with Crippen molar-refractivity contribution in [1.82, 2.24) is 34.4 Å². The molecule has 11 nitrogen and oxygen atoms in total. The number of rotatable bonds is 10. The lowest BCUT2D eigenvalue weighted by Gasteiger charge is -2.29. The molecule has 1 atom stereocenters. The van der Waals surface area contributed by atoms with Gasteiger partial charge in [0, 0.05) is 41.9 Å². The molecule has 2 aliphatic heterocycles. The number of fused-ring (bicyclic) bond motifs is 2. The van der Waals surface area contributed by atoms with Crippen molar-refractivity contribution in [2.45, 2.75) is 38.6 Å². The van der Waals surface area contributed by atoms with Crippen LogP contribution in [0.25, 0.3) is 27.1 Å². The molecule has 8 rings (SSSR count). The second kappa shape index (κ2) is 13.1. The van der Waals surface area contributed by atoms with E-state index >= 15 is 0 Å². The van der Waals surface area contributed by atoms with Crippen molar-refractivity contribution < 1.29 is 18.7 Å². The number of ether oxygens (including phenoxy) is 2. The molecule has 14 heteroatoms. The van der Waals surface area contributed by atoms with E-state index in [1.54, 1.807) is 24.5 Å². The summed E-state index contributed by atoms with van der Waals surface area (Å²) in [5, 5.41) is 3.72. The molecule has 0 radical (unpaired) electrons. The molecule has 1 saturated heterocycles. The van der Waals surface area contributed by atoms with Crippen LogP contribution >= 0.6 is 22.9 Å². The van der Waals surface area contributed by atoms with Crippen LogP contribution in [0.3, 0.4) is 0 Å². The van der Waals surface area contributed by atoms with Crippen LogP contribution < -0.4 is 10.1 Å². The molecule has 2 aromatic carbocycles. The highest BCUT2D eigenvalue weighted by Crippen LogP contribution is 2.28. The van der Waals surface area contributed by atoms with Crippen molar-refractivity contribution in [1.29, 1.82) is 0 Å². The highest BCUT2D eigenvalue weighted by molar-refractivity contribution is 7.21. The van der Waals surface area contributed by atoms with Gasteiger partial charge in [-0.1, -0.05) is 41.1 Å². The van der Waals surface area contributed by atoms with Gasteiger partial charge in [-0.3, -0.25) is 15.0 Å². The molecule has 0 unspecified atom stereocenters. The van der Waals surface area contributed by atoms with Crippen LogP contribution in [0, 0.1) is 5.82 Å². The molecule has 6 aromatic rings. The van der Waals surface area contributed by atoms with E-state index in [1.807, 2.05) is 30.3 Å². The van der Waals surface area contributed by atoms with Crippen molar-refractivity contribution in [2.24, 2.45) is 0 Å². The van der Waals surface area contributed by atoms with E-state index in [-0.39, 0.29) is 18.6 Å². The van der Waals surface area contributed by atoms with E-state index in [9.17, 15) is 9.18 Å². The minimum Gasteiger partial charge on any atom is -0.473 e. The molecular weight excluding hydrogens is 655 g/mol. The first kappa shape index (κ1) is 30.6. The molecule has 4 aromatic heterocycles. The van der Waals surface area contributed by atoms with Crippen molar-refractivity contribution in [3.63, 3.8) is 0 Å². The number of carbonyl (C=O) groups excluding carboxylic acids is 1. The minimum absolute atomic E-state index is 0.0616. The average Bonchev–Trinajstić information content (AvgIpc) is 3.76. The largest absolute Gasteiger partial charge is 0.473 e. The third-order valence-electron chi connectivity index (χ3n) is 8.58. The number of anilines is 1. The maximum Gasteiger partial charge on any atom is 0.257 e. The van der Waals surface area contributed by atoms with Gasteiger partial charge >= 0.3 is 0 Å². The fraction of sp³-hybridized carbons (Fsp3) is 0.265. The number of aromatic amines is 1. The van der Waals surface area contributed by atoms with E-state index in [4.69, 9.17) is 26.1 Å². The van der Waals surface area contributed by atoms with Crippen LogP contribution in [-0.2, 0) is 24.4 Å². The number of aromatic nitrogens is 6. The number of H-pyrrole nitrogens is 1. The Morgan fingerprint density at radius 1 is 1.17 bits per heavy atom. The van der Waals surface area contributed by atoms with Gasteiger partial charge in [0.15, 0.2) is 15.6 Å². The summed E-state index contributed by atoms with van der Waals surface area (Å²) in [6, 6.07) is 15.8. The van der Waals surface area contributed by atoms with Crippen molar-refractivity contribution in [2.75, 3.05) is 25.0 Å². The Labute approximate surface area is 283 Å². The molecule has 0 spiro atoms. The van der Waals surface area contributed by atoms with Crippen LogP contribution in [0.1, 0.15) is 40.3 Å². The summed E-state index contributed by atoms with van der Waals surface area (Å²) in [6.45, 7) is 3.74. The van der Waals surface area contributed by atoms with Gasteiger partial charge in [-0.15, -0.1) is 0 Å². The van der Waals surface area contributed by atoms with Gasteiger partial charge in [-0.2, -0.15) is 4.98 Å². The van der Waals surface area contributed by atoms with Crippen molar-refractivity contribution in [3.05, 3.63) is 100 Å². The van der Waals surface area contributed by atoms with Gasteiger partial charge in [-0.25, -0.2) is 19.3 Å². The lowest BCUT2D eigenvalue weighted by molar-refractivity contribution is -0.0591. The van der Waals surface area contributed by atoms with Crippen molar-refractivity contribution >= 4 is 61.1 Å². The molecule has 6 heterocycles. The predicted octanol–water partition coefficient (Wildman–Crippen LogP) is 6.47. The zero-order valence-electron chi connectivity index (χ0n) is 25.7. The molecular formula is C34H30ClFN8O3S. The molecule has 48 heavy (non-hydrogen) atoms. The SMILES string of the molecule is O=C(Nc1nc2[nH]cnc2s1)c1ccc2c(c1)nc(CN1CC=C(c3cccc(OCc4ccc(Cl)cc4F)n3)CC1)n2C[C@@H]1CCO1. The molecule has 0 saturated carbocycles. The van der Waals surface area contributed by atoms with E-state index in [2.05, 4.69) is 40.8 Å². The van der Waals surface area contributed by atoms with Crippen molar-refractivity contribution in [3.8, 4) is 5.88 Å². The number of halogens is 2. The Morgan fingerprint density at radius 2 is 2.08 bits per heavy atom. The smallest absolute Gasteiger partial charge is 0.257 e. The van der Waals surface area contributed by atoms with Gasteiger partial charge in [0.2, 0.25) is 5.88 Å². The zero-order chi connectivity index (χ0) is 32.6. The van der Waals surface area contributed by atoms with Crippen LogP contribution in [-0.4, -0.2) is 66.1 Å². The van der Waals surface area contributed by atoms with E-state index < -0.39 is 5.82 Å². The van der Waals surface area contributed by atoms with E-state index in [0.717, 1.165) is 65.5 Å². The summed E-state index contributed by atoms with van der Waals surface area (Å²) in [7, 11) is 0. The third-order valence-corrected chi connectivity index (χ3v) is 9.70. The normalized spacial score (nSPS) is 16.6. The number of imidazole rings is 2. The molecule has 1 fully saturated rings. The van der Waals surface area contributed by atoms with Crippen LogP contribution in [0.2, 0.25) is 5.02 Å². The number of hydrogen-bond acceptors (Lipinski definition) is 9. The predicted molar refractivity (Wildman–Crippen MR) is 182 cm³/mol. The number of thiazole rings is 1. The van der Waals surface area contributed by atoms with Crippen LogP contribution in [0.15, 0.2) is 67.0 Å². The molecule has 1 amide bonds. The Morgan fingerprint density at radius 3 is 2.88 bits per heavy atom. The molecule has 2 aliphatic rings. The lowest BCUT2D eigenvalue weighted by atomic mass is 10.0. The quantitative estimate of drug-likeness (QED) is 0.168. The van der Waals surface area contributed by atoms with Gasteiger partial charge in [0.25, 0.3) is 5.91 Å². The summed E-state index contributed by atoms with van der Waals surface area (Å²) in [5.41, 5.74) is 5.28. The zero-order valence-corrected chi connectivity index (χ0v) is 27.2. The highest BCUT2D eigenvalue weighted by Gasteiger charge is 2.24.